The number of nitrogens with two attached hydrogens (primary N) is 1. The Labute approximate surface area is 134 Å². The lowest BCUT2D eigenvalue weighted by molar-refractivity contribution is 0.0195. The van der Waals surface area contributed by atoms with Crippen LogP contribution < -0.4 is 16.4 Å². The molecule has 0 spiro atoms. The van der Waals surface area contributed by atoms with Crippen LogP contribution >= 0.6 is 0 Å². The Morgan fingerprint density at radius 1 is 1.18 bits per heavy atom. The molecule has 0 aromatic heterocycles. The van der Waals surface area contributed by atoms with Gasteiger partial charge in [-0.3, -0.25) is 0 Å². The van der Waals surface area contributed by atoms with E-state index in [0.717, 1.165) is 58.3 Å². The molecule has 0 aliphatic heterocycles. The van der Waals surface area contributed by atoms with Crippen LogP contribution in [0, 0.1) is 0 Å². The monoisotopic (exact) mass is 315 g/mol. The highest BCUT2D eigenvalue weighted by Gasteiger charge is 2.24. The zero-order valence-corrected chi connectivity index (χ0v) is 14.3. The predicted molar refractivity (Wildman–Crippen MR) is 87.9 cm³/mol. The van der Waals surface area contributed by atoms with Crippen molar-refractivity contribution in [3.63, 3.8) is 0 Å². The summed E-state index contributed by atoms with van der Waals surface area (Å²) in [5.41, 5.74) is 4.99. The lowest BCUT2D eigenvalue weighted by atomic mass is 9.93. The largest absolute Gasteiger partial charge is 0.444 e. The minimum Gasteiger partial charge on any atom is -0.444 e. The van der Waals surface area contributed by atoms with Crippen LogP contribution in [0.15, 0.2) is 0 Å². The summed E-state index contributed by atoms with van der Waals surface area (Å²) in [5, 5.41) is 6.25. The molecule has 22 heavy (non-hydrogen) atoms. The van der Waals surface area contributed by atoms with Crippen LogP contribution in [0.2, 0.25) is 0 Å². The van der Waals surface area contributed by atoms with Gasteiger partial charge in [-0.25, -0.2) is 4.79 Å². The topological polar surface area (TPSA) is 85.6 Å². The van der Waals surface area contributed by atoms with Crippen LogP contribution in [-0.2, 0) is 9.47 Å². The van der Waals surface area contributed by atoms with Crippen LogP contribution in [-0.4, -0.2) is 50.1 Å². The van der Waals surface area contributed by atoms with E-state index in [2.05, 4.69) is 10.6 Å². The number of hydrogen-bond donors (Lipinski definition) is 3. The van der Waals surface area contributed by atoms with Crippen molar-refractivity contribution < 1.29 is 14.3 Å². The molecular formula is C16H33N3O3. The van der Waals surface area contributed by atoms with Crippen LogP contribution in [0.4, 0.5) is 4.79 Å². The van der Waals surface area contributed by atoms with Gasteiger partial charge in [-0.2, -0.15) is 0 Å². The standard InChI is InChI=1S/C16H33N3O3/c1-16(2,3)22-15(20)19-13-5-7-14(8-6-13)21-12-11-18-10-4-9-17/h13-14,18H,4-12,17H2,1-3H3,(H,19,20). The average molecular weight is 315 g/mol. The molecule has 130 valence electrons. The predicted octanol–water partition coefficient (Wildman–Crippen LogP) is 1.78. The fraction of sp³-hybridized carbons (Fsp3) is 0.938. The van der Waals surface area contributed by atoms with Crippen molar-refractivity contribution in [2.45, 2.75) is 70.6 Å². The van der Waals surface area contributed by atoms with Gasteiger partial charge in [-0.15, -0.1) is 0 Å². The fourth-order valence-electron chi connectivity index (χ4n) is 2.50. The maximum atomic E-state index is 11.7. The smallest absolute Gasteiger partial charge is 0.407 e. The van der Waals surface area contributed by atoms with E-state index in [1.54, 1.807) is 0 Å². The molecule has 0 radical (unpaired) electrons. The van der Waals surface area contributed by atoms with Crippen LogP contribution in [0.5, 0.6) is 0 Å². The Morgan fingerprint density at radius 3 is 2.45 bits per heavy atom. The summed E-state index contributed by atoms with van der Waals surface area (Å²) >= 11 is 0. The molecule has 0 unspecified atom stereocenters. The molecule has 0 bridgehead atoms. The Morgan fingerprint density at radius 2 is 1.86 bits per heavy atom. The zero-order valence-electron chi connectivity index (χ0n) is 14.3. The van der Waals surface area contributed by atoms with Gasteiger partial charge >= 0.3 is 6.09 Å². The van der Waals surface area contributed by atoms with Crippen LogP contribution in [0.1, 0.15) is 52.9 Å². The van der Waals surface area contributed by atoms with Gasteiger partial charge in [0.2, 0.25) is 0 Å². The normalized spacial score (nSPS) is 22.4. The number of nitrogens with one attached hydrogen (secondary N) is 2. The summed E-state index contributed by atoms with van der Waals surface area (Å²) in [6.45, 7) is 8.90. The van der Waals surface area contributed by atoms with Crippen molar-refractivity contribution in [2.24, 2.45) is 5.73 Å². The first kappa shape index (κ1) is 19.2. The summed E-state index contributed by atoms with van der Waals surface area (Å²) in [6.07, 6.45) is 4.87. The van der Waals surface area contributed by atoms with E-state index in [1.165, 1.54) is 0 Å². The number of amides is 1. The van der Waals surface area contributed by atoms with Gasteiger partial charge in [0.1, 0.15) is 5.60 Å². The maximum Gasteiger partial charge on any atom is 0.407 e. The van der Waals surface area contributed by atoms with E-state index < -0.39 is 5.60 Å². The number of carbonyl (C=O) groups is 1. The van der Waals surface area contributed by atoms with E-state index >= 15 is 0 Å². The van der Waals surface area contributed by atoms with E-state index in [-0.39, 0.29) is 12.1 Å². The summed E-state index contributed by atoms with van der Waals surface area (Å²) < 4.78 is 11.1. The molecule has 1 aliphatic carbocycles. The maximum absolute atomic E-state index is 11.7. The van der Waals surface area contributed by atoms with E-state index in [4.69, 9.17) is 15.2 Å². The Balaban J connectivity index is 2.07. The molecule has 1 rings (SSSR count). The Bertz CT molecular complexity index is 310. The van der Waals surface area contributed by atoms with Crippen LogP contribution in [0.3, 0.4) is 0 Å². The van der Waals surface area contributed by atoms with Crippen molar-refractivity contribution in [3.05, 3.63) is 0 Å². The SMILES string of the molecule is CC(C)(C)OC(=O)NC1CCC(OCCNCCCN)CC1. The van der Waals surface area contributed by atoms with Crippen molar-refractivity contribution in [1.29, 1.82) is 0 Å². The lowest BCUT2D eigenvalue weighted by Crippen LogP contribution is -2.42. The Kier molecular flexibility index (Phi) is 8.75. The summed E-state index contributed by atoms with van der Waals surface area (Å²) in [7, 11) is 0. The van der Waals surface area contributed by atoms with Gasteiger partial charge in [0.15, 0.2) is 0 Å². The van der Waals surface area contributed by atoms with Gasteiger partial charge in [0.05, 0.1) is 12.7 Å². The fourth-order valence-corrected chi connectivity index (χ4v) is 2.50. The highest BCUT2D eigenvalue weighted by Crippen LogP contribution is 2.21. The van der Waals surface area contributed by atoms with Crippen molar-refractivity contribution in [2.75, 3.05) is 26.2 Å². The summed E-state index contributed by atoms with van der Waals surface area (Å²) in [6, 6.07) is 0.206. The quantitative estimate of drug-likeness (QED) is 0.594. The van der Waals surface area contributed by atoms with Crippen LogP contribution in [0.25, 0.3) is 0 Å². The molecule has 0 aromatic rings. The number of alkyl carbamates (subject to hydrolysis) is 1. The van der Waals surface area contributed by atoms with Crippen molar-refractivity contribution in [1.82, 2.24) is 10.6 Å². The minimum absolute atomic E-state index is 0.206. The molecule has 6 heteroatoms. The second kappa shape index (κ2) is 10.0. The first-order valence-electron chi connectivity index (χ1n) is 8.42. The summed E-state index contributed by atoms with van der Waals surface area (Å²) in [5.74, 6) is 0. The van der Waals surface area contributed by atoms with E-state index in [0.29, 0.717) is 6.10 Å². The van der Waals surface area contributed by atoms with E-state index in [1.807, 2.05) is 20.8 Å². The van der Waals surface area contributed by atoms with Gasteiger partial charge in [0, 0.05) is 12.6 Å². The molecule has 0 aromatic carbocycles. The zero-order chi connectivity index (χ0) is 16.4. The van der Waals surface area contributed by atoms with E-state index in [9.17, 15) is 4.79 Å². The van der Waals surface area contributed by atoms with Crippen molar-refractivity contribution >= 4 is 6.09 Å². The molecule has 4 N–H and O–H groups in total. The number of carbonyl (C=O) groups excluding carboxylic acids is 1. The highest BCUT2D eigenvalue weighted by atomic mass is 16.6. The molecule has 0 heterocycles. The number of hydrogen-bond acceptors (Lipinski definition) is 5. The molecule has 1 amide bonds. The van der Waals surface area contributed by atoms with Gasteiger partial charge < -0.3 is 25.8 Å². The minimum atomic E-state index is -0.443. The molecule has 1 fully saturated rings. The average Bonchev–Trinajstić information content (AvgIpc) is 2.42. The third-order valence-corrected chi connectivity index (χ3v) is 3.59. The second-order valence-electron chi connectivity index (χ2n) is 6.88. The second-order valence-corrected chi connectivity index (χ2v) is 6.88. The Hall–Kier alpha value is -0.850. The van der Waals surface area contributed by atoms with Crippen molar-refractivity contribution in [3.8, 4) is 0 Å². The summed E-state index contributed by atoms with van der Waals surface area (Å²) in [4.78, 5) is 11.7. The molecule has 1 aliphatic rings. The third-order valence-electron chi connectivity index (χ3n) is 3.59. The molecule has 1 saturated carbocycles. The first-order chi connectivity index (χ1) is 10.4. The number of rotatable bonds is 8. The number of ether oxygens (including phenoxy) is 2. The van der Waals surface area contributed by atoms with Gasteiger partial charge in [0.25, 0.3) is 0 Å². The molecule has 0 saturated heterocycles. The highest BCUT2D eigenvalue weighted by molar-refractivity contribution is 5.68. The molecule has 0 atom stereocenters. The van der Waals surface area contributed by atoms with Gasteiger partial charge in [-0.1, -0.05) is 0 Å². The molecular weight excluding hydrogens is 282 g/mol. The molecule has 6 nitrogen and oxygen atoms in total. The first-order valence-corrected chi connectivity index (χ1v) is 8.42. The lowest BCUT2D eigenvalue weighted by Gasteiger charge is -2.30. The third kappa shape index (κ3) is 9.23. The van der Waals surface area contributed by atoms with Gasteiger partial charge in [-0.05, 0) is 66.0 Å².